The van der Waals surface area contributed by atoms with Gasteiger partial charge in [0.15, 0.2) is 0 Å². The van der Waals surface area contributed by atoms with Crippen LogP contribution in [0.3, 0.4) is 0 Å². The first-order valence-corrected chi connectivity index (χ1v) is 5.74. The highest BCUT2D eigenvalue weighted by molar-refractivity contribution is 9.10. The van der Waals surface area contributed by atoms with Gasteiger partial charge in [-0.1, -0.05) is 11.6 Å². The topological polar surface area (TPSA) is 46.5 Å². The predicted octanol–water partition coefficient (Wildman–Crippen LogP) is 3.38. The Morgan fingerprint density at radius 1 is 1.62 bits per heavy atom. The van der Waals surface area contributed by atoms with Crippen LogP contribution in [0.1, 0.15) is 12.5 Å². The summed E-state index contributed by atoms with van der Waals surface area (Å²) in [6, 6.07) is 3.20. The lowest BCUT2D eigenvalue weighted by Gasteiger charge is -2.01. The molecule has 0 unspecified atom stereocenters. The van der Waals surface area contributed by atoms with Crippen molar-refractivity contribution in [2.45, 2.75) is 6.92 Å². The molecule has 0 saturated heterocycles. The molecule has 1 N–H and O–H groups in total. The quantitative estimate of drug-likeness (QED) is 0.688. The summed E-state index contributed by atoms with van der Waals surface area (Å²) in [5.41, 5.74) is 0.697. The van der Waals surface area contributed by atoms with Crippen LogP contribution in [0.2, 0.25) is 5.02 Å². The van der Waals surface area contributed by atoms with Crippen LogP contribution in [0, 0.1) is 0 Å². The number of aromatic hydroxyl groups is 1. The number of phenols is 1. The molecule has 0 amide bonds. The Bertz CT molecular complexity index is 406. The molecule has 0 aliphatic carbocycles. The van der Waals surface area contributed by atoms with Gasteiger partial charge >= 0.3 is 5.97 Å². The van der Waals surface area contributed by atoms with Gasteiger partial charge < -0.3 is 9.84 Å². The van der Waals surface area contributed by atoms with Crippen molar-refractivity contribution in [3.63, 3.8) is 0 Å². The summed E-state index contributed by atoms with van der Waals surface area (Å²) < 4.78 is 5.20. The first-order valence-electron chi connectivity index (χ1n) is 4.57. The largest absolute Gasteiger partial charge is 0.505 e. The summed E-state index contributed by atoms with van der Waals surface area (Å²) in [5.74, 6) is -0.433. The van der Waals surface area contributed by atoms with Crippen molar-refractivity contribution in [1.29, 1.82) is 0 Å². The SMILES string of the molecule is CCOC(=O)/C=C/c1cc(Cl)c(O)c(Br)c1. The zero-order valence-electron chi connectivity index (χ0n) is 8.54. The minimum absolute atomic E-state index is 0.0186. The highest BCUT2D eigenvalue weighted by Gasteiger charge is 2.04. The molecule has 0 saturated carbocycles. The summed E-state index contributed by atoms with van der Waals surface area (Å²) in [6.07, 6.45) is 2.87. The van der Waals surface area contributed by atoms with Crippen molar-refractivity contribution in [2.24, 2.45) is 0 Å². The first-order chi connectivity index (χ1) is 7.54. The van der Waals surface area contributed by atoms with Gasteiger partial charge in [-0.15, -0.1) is 0 Å². The molecule has 86 valence electrons. The molecule has 16 heavy (non-hydrogen) atoms. The Kier molecular flexibility index (Phi) is 4.83. The molecule has 1 aromatic rings. The van der Waals surface area contributed by atoms with Crippen LogP contribution in [0.5, 0.6) is 5.75 Å². The van der Waals surface area contributed by atoms with Gasteiger partial charge in [0.05, 0.1) is 16.1 Å². The smallest absolute Gasteiger partial charge is 0.330 e. The number of carbonyl (C=O) groups is 1. The van der Waals surface area contributed by atoms with Gasteiger partial charge in [-0.05, 0) is 46.6 Å². The summed E-state index contributed by atoms with van der Waals surface area (Å²) in [4.78, 5) is 11.1. The fourth-order valence-electron chi connectivity index (χ4n) is 1.04. The zero-order chi connectivity index (χ0) is 12.1. The summed E-state index contributed by atoms with van der Waals surface area (Å²) >= 11 is 8.92. The third-order valence-corrected chi connectivity index (χ3v) is 2.63. The molecule has 0 radical (unpaired) electrons. The van der Waals surface area contributed by atoms with Gasteiger partial charge in [0.1, 0.15) is 5.75 Å². The van der Waals surface area contributed by atoms with E-state index in [1.54, 1.807) is 25.1 Å². The lowest BCUT2D eigenvalue weighted by atomic mass is 10.2. The summed E-state index contributed by atoms with van der Waals surface area (Å²) in [6.45, 7) is 2.07. The normalized spacial score (nSPS) is 10.7. The highest BCUT2D eigenvalue weighted by Crippen LogP contribution is 2.33. The van der Waals surface area contributed by atoms with E-state index in [1.165, 1.54) is 6.08 Å². The molecule has 0 fully saturated rings. The Morgan fingerprint density at radius 3 is 2.88 bits per heavy atom. The van der Waals surface area contributed by atoms with Crippen LogP contribution in [-0.4, -0.2) is 17.7 Å². The Labute approximate surface area is 107 Å². The molecule has 0 aliphatic heterocycles. The van der Waals surface area contributed by atoms with Crippen molar-refractivity contribution >= 4 is 39.6 Å². The number of esters is 1. The maximum Gasteiger partial charge on any atom is 0.330 e. The minimum atomic E-state index is -0.414. The van der Waals surface area contributed by atoms with Gasteiger partial charge in [0.25, 0.3) is 0 Å². The molecule has 3 nitrogen and oxygen atoms in total. The number of hydrogen-bond donors (Lipinski definition) is 1. The van der Waals surface area contributed by atoms with Crippen LogP contribution in [0.4, 0.5) is 0 Å². The zero-order valence-corrected chi connectivity index (χ0v) is 10.9. The van der Waals surface area contributed by atoms with E-state index in [1.807, 2.05) is 0 Å². The molecule has 5 heteroatoms. The fraction of sp³-hybridized carbons (Fsp3) is 0.182. The van der Waals surface area contributed by atoms with E-state index in [0.717, 1.165) is 0 Å². The molecule has 1 aromatic carbocycles. The van der Waals surface area contributed by atoms with Gasteiger partial charge in [-0.2, -0.15) is 0 Å². The van der Waals surface area contributed by atoms with Gasteiger partial charge in [0.2, 0.25) is 0 Å². The molecule has 0 heterocycles. The maximum atomic E-state index is 11.1. The van der Waals surface area contributed by atoms with E-state index in [0.29, 0.717) is 16.6 Å². The Morgan fingerprint density at radius 2 is 2.31 bits per heavy atom. The van der Waals surface area contributed by atoms with E-state index in [2.05, 4.69) is 15.9 Å². The number of ether oxygens (including phenoxy) is 1. The second-order valence-electron chi connectivity index (χ2n) is 2.92. The van der Waals surface area contributed by atoms with Crippen LogP contribution in [-0.2, 0) is 9.53 Å². The summed E-state index contributed by atoms with van der Waals surface area (Å²) in [5, 5.41) is 9.62. The average molecular weight is 306 g/mol. The van der Waals surface area contributed by atoms with E-state index >= 15 is 0 Å². The van der Waals surface area contributed by atoms with Gasteiger partial charge in [-0.3, -0.25) is 0 Å². The monoisotopic (exact) mass is 304 g/mol. The summed E-state index contributed by atoms with van der Waals surface area (Å²) in [7, 11) is 0. The van der Waals surface area contributed by atoms with Crippen molar-refractivity contribution in [3.05, 3.63) is 33.3 Å². The Hall–Kier alpha value is -1.00. The van der Waals surface area contributed by atoms with E-state index in [4.69, 9.17) is 16.3 Å². The molecule has 0 bridgehead atoms. The van der Waals surface area contributed by atoms with Crippen LogP contribution >= 0.6 is 27.5 Å². The molecule has 0 aromatic heterocycles. The minimum Gasteiger partial charge on any atom is -0.505 e. The molecule has 0 aliphatic rings. The fourth-order valence-corrected chi connectivity index (χ4v) is 1.86. The Balaban J connectivity index is 2.86. The average Bonchev–Trinajstić information content (AvgIpc) is 2.23. The van der Waals surface area contributed by atoms with Gasteiger partial charge in [-0.25, -0.2) is 4.79 Å². The van der Waals surface area contributed by atoms with E-state index in [9.17, 15) is 9.90 Å². The molecular weight excluding hydrogens is 295 g/mol. The van der Waals surface area contributed by atoms with Crippen molar-refractivity contribution < 1.29 is 14.6 Å². The second kappa shape index (κ2) is 5.92. The lowest BCUT2D eigenvalue weighted by Crippen LogP contribution is -1.98. The number of benzene rings is 1. The standard InChI is InChI=1S/C11H10BrClO3/c1-2-16-10(14)4-3-7-5-8(12)11(15)9(13)6-7/h3-6,15H,2H2,1H3/b4-3+. The lowest BCUT2D eigenvalue weighted by molar-refractivity contribution is -0.137. The predicted molar refractivity (Wildman–Crippen MR) is 66.5 cm³/mol. The molecule has 0 atom stereocenters. The number of phenolic OH excluding ortho intramolecular Hbond substituents is 1. The third kappa shape index (κ3) is 3.54. The van der Waals surface area contributed by atoms with Crippen LogP contribution in [0.25, 0.3) is 6.08 Å². The highest BCUT2D eigenvalue weighted by atomic mass is 79.9. The number of hydrogen-bond acceptors (Lipinski definition) is 3. The van der Waals surface area contributed by atoms with E-state index < -0.39 is 5.97 Å². The molecule has 0 spiro atoms. The third-order valence-electron chi connectivity index (χ3n) is 1.74. The molecular formula is C11H10BrClO3. The van der Waals surface area contributed by atoms with Crippen molar-refractivity contribution in [3.8, 4) is 5.75 Å². The van der Waals surface area contributed by atoms with Crippen LogP contribution < -0.4 is 0 Å². The van der Waals surface area contributed by atoms with Crippen molar-refractivity contribution in [1.82, 2.24) is 0 Å². The van der Waals surface area contributed by atoms with Crippen LogP contribution in [0.15, 0.2) is 22.7 Å². The van der Waals surface area contributed by atoms with Gasteiger partial charge in [0, 0.05) is 6.08 Å². The second-order valence-corrected chi connectivity index (χ2v) is 4.18. The number of carbonyl (C=O) groups excluding carboxylic acids is 1. The maximum absolute atomic E-state index is 11.1. The number of rotatable bonds is 3. The van der Waals surface area contributed by atoms with E-state index in [-0.39, 0.29) is 10.8 Å². The van der Waals surface area contributed by atoms with Crippen molar-refractivity contribution in [2.75, 3.05) is 6.61 Å². The number of halogens is 2. The molecule has 1 rings (SSSR count). The first kappa shape index (κ1) is 13.1.